The first kappa shape index (κ1) is 37.7. The topological polar surface area (TPSA) is 123 Å². The summed E-state index contributed by atoms with van der Waals surface area (Å²) >= 11 is 0. The molecule has 9 nitrogen and oxygen atoms in total. The predicted molar refractivity (Wildman–Crippen MR) is 186 cm³/mol. The number of hydrogen-bond acceptors (Lipinski definition) is 7. The number of piperazine rings is 1. The minimum atomic E-state index is -3.99. The van der Waals surface area contributed by atoms with Crippen LogP contribution >= 0.6 is 0 Å². The predicted octanol–water partition coefficient (Wildman–Crippen LogP) is 6.01. The standard InChI is InChI=1S/C38H41F3N4O5S/c1-38(2,3)50-37(47)44-17-18-45(51(48,49)31-13-5-4-6-14-31)30(24-44)15-16-32-27(22-43-23-33(32)41)21-34(46)36(42)35(25-9-7-11-28(39)19-25)26-10-8-12-29(40)20-26/h4-14,19-20,22-23,30,35-36H,15-18,21,24,42H2,1-3H3/t30-,36+/m0/s1. The van der Waals surface area contributed by atoms with E-state index in [9.17, 15) is 26.8 Å². The number of hydrogen-bond donors (Lipinski definition) is 1. The number of halogens is 3. The van der Waals surface area contributed by atoms with Crippen molar-refractivity contribution in [3.63, 3.8) is 0 Å². The van der Waals surface area contributed by atoms with Crippen molar-refractivity contribution in [1.82, 2.24) is 14.2 Å². The maximum atomic E-state index is 15.5. The van der Waals surface area contributed by atoms with Crippen molar-refractivity contribution in [3.05, 3.63) is 131 Å². The summed E-state index contributed by atoms with van der Waals surface area (Å²) in [5, 5.41) is 0. The molecule has 2 N–H and O–H groups in total. The molecule has 0 saturated carbocycles. The molecule has 1 aliphatic heterocycles. The third-order valence-electron chi connectivity index (χ3n) is 8.76. The van der Waals surface area contributed by atoms with Crippen molar-refractivity contribution < 1.29 is 35.9 Å². The average Bonchev–Trinajstić information content (AvgIpc) is 3.07. The lowest BCUT2D eigenvalue weighted by Crippen LogP contribution is -2.57. The maximum absolute atomic E-state index is 15.5. The van der Waals surface area contributed by atoms with Gasteiger partial charge in [0.2, 0.25) is 10.0 Å². The fourth-order valence-corrected chi connectivity index (χ4v) is 8.01. The van der Waals surface area contributed by atoms with E-state index >= 15 is 4.39 Å². The van der Waals surface area contributed by atoms with E-state index in [0.717, 1.165) is 6.20 Å². The van der Waals surface area contributed by atoms with Crippen LogP contribution in [0.2, 0.25) is 0 Å². The van der Waals surface area contributed by atoms with Gasteiger partial charge in [0.15, 0.2) is 5.78 Å². The number of Topliss-reactive ketones (excluding diaryl/α,β-unsaturated/α-hetero) is 1. The van der Waals surface area contributed by atoms with Gasteiger partial charge >= 0.3 is 6.09 Å². The van der Waals surface area contributed by atoms with E-state index in [0.29, 0.717) is 11.1 Å². The van der Waals surface area contributed by atoms with Crippen LogP contribution in [0, 0.1) is 17.5 Å². The fourth-order valence-electron chi connectivity index (χ4n) is 6.35. The molecular formula is C38H41F3N4O5S. The van der Waals surface area contributed by atoms with Gasteiger partial charge in [-0.25, -0.2) is 26.4 Å². The second kappa shape index (κ2) is 15.7. The first-order valence-corrected chi connectivity index (χ1v) is 18.0. The molecule has 4 aromatic rings. The Labute approximate surface area is 296 Å². The van der Waals surface area contributed by atoms with Crippen LogP contribution in [-0.2, 0) is 32.4 Å². The number of amides is 1. The zero-order valence-corrected chi connectivity index (χ0v) is 29.5. The van der Waals surface area contributed by atoms with Crippen LogP contribution in [-0.4, -0.2) is 71.8 Å². The van der Waals surface area contributed by atoms with Gasteiger partial charge in [-0.1, -0.05) is 42.5 Å². The van der Waals surface area contributed by atoms with E-state index in [1.807, 2.05) is 0 Å². The summed E-state index contributed by atoms with van der Waals surface area (Å²) in [6, 6.07) is 17.0. The number of pyridine rings is 1. The molecule has 1 aromatic heterocycles. The Balaban J connectivity index is 1.41. The Kier molecular flexibility index (Phi) is 11.6. The molecule has 0 radical (unpaired) electrons. The quantitative estimate of drug-likeness (QED) is 0.201. The number of carbonyl (C=O) groups excluding carboxylic acids is 2. The highest BCUT2D eigenvalue weighted by Crippen LogP contribution is 2.31. The molecule has 13 heteroatoms. The van der Waals surface area contributed by atoms with Crippen LogP contribution in [0.15, 0.2) is 96.2 Å². The molecular weight excluding hydrogens is 682 g/mol. The Bertz CT molecular complexity index is 1930. The van der Waals surface area contributed by atoms with E-state index in [1.165, 1.54) is 63.9 Å². The van der Waals surface area contributed by atoms with Crippen LogP contribution in [0.3, 0.4) is 0 Å². The molecule has 3 aromatic carbocycles. The molecule has 1 fully saturated rings. The normalized spacial score (nSPS) is 16.2. The van der Waals surface area contributed by atoms with E-state index in [2.05, 4.69) is 4.98 Å². The lowest BCUT2D eigenvalue weighted by Gasteiger charge is -2.41. The monoisotopic (exact) mass is 722 g/mol. The number of carbonyl (C=O) groups is 2. The van der Waals surface area contributed by atoms with Crippen molar-refractivity contribution in [3.8, 4) is 0 Å². The molecule has 1 aliphatic rings. The van der Waals surface area contributed by atoms with Crippen LogP contribution in [0.1, 0.15) is 55.4 Å². The number of sulfonamides is 1. The largest absolute Gasteiger partial charge is 0.444 e. The van der Waals surface area contributed by atoms with Crippen molar-refractivity contribution in [1.29, 1.82) is 0 Å². The Morgan fingerprint density at radius 1 is 0.922 bits per heavy atom. The lowest BCUT2D eigenvalue weighted by molar-refractivity contribution is -0.120. The molecule has 1 saturated heterocycles. The van der Waals surface area contributed by atoms with E-state index in [-0.39, 0.29) is 54.9 Å². The zero-order valence-electron chi connectivity index (χ0n) is 28.6. The number of aromatic nitrogens is 1. The minimum absolute atomic E-state index is 0.00292. The summed E-state index contributed by atoms with van der Waals surface area (Å²) in [6.07, 6.45) is 1.52. The Morgan fingerprint density at radius 3 is 2.14 bits per heavy atom. The second-order valence-electron chi connectivity index (χ2n) is 13.6. The van der Waals surface area contributed by atoms with Gasteiger partial charge in [0.1, 0.15) is 23.1 Å². The summed E-state index contributed by atoms with van der Waals surface area (Å²) < 4.78 is 78.6. The number of nitrogens with zero attached hydrogens (tertiary/aromatic N) is 3. The molecule has 5 rings (SSSR count). The summed E-state index contributed by atoms with van der Waals surface area (Å²) in [7, 11) is -3.99. The number of rotatable bonds is 11. The highest BCUT2D eigenvalue weighted by molar-refractivity contribution is 7.89. The number of ether oxygens (including phenoxy) is 1. The summed E-state index contributed by atoms with van der Waals surface area (Å²) in [5.41, 5.74) is 6.87. The third kappa shape index (κ3) is 9.21. The van der Waals surface area contributed by atoms with Gasteiger partial charge < -0.3 is 15.4 Å². The molecule has 2 heterocycles. The van der Waals surface area contributed by atoms with Gasteiger partial charge in [-0.05, 0) is 92.3 Å². The van der Waals surface area contributed by atoms with Crippen molar-refractivity contribution in [2.45, 2.75) is 68.5 Å². The van der Waals surface area contributed by atoms with E-state index < -0.39 is 63.0 Å². The Morgan fingerprint density at radius 2 is 1.55 bits per heavy atom. The van der Waals surface area contributed by atoms with Gasteiger partial charge in [-0.2, -0.15) is 4.31 Å². The summed E-state index contributed by atoms with van der Waals surface area (Å²) in [6.45, 7) is 5.28. The fraction of sp³-hybridized carbons (Fsp3) is 0.342. The maximum Gasteiger partial charge on any atom is 0.410 e. The first-order valence-electron chi connectivity index (χ1n) is 16.6. The molecule has 0 aliphatic carbocycles. The number of nitrogens with two attached hydrogens (primary N) is 1. The van der Waals surface area contributed by atoms with Crippen LogP contribution < -0.4 is 5.73 Å². The second-order valence-corrected chi connectivity index (χ2v) is 15.5. The smallest absolute Gasteiger partial charge is 0.410 e. The zero-order chi connectivity index (χ0) is 36.9. The van der Waals surface area contributed by atoms with E-state index in [4.69, 9.17) is 10.5 Å². The van der Waals surface area contributed by atoms with Gasteiger partial charge in [-0.3, -0.25) is 9.78 Å². The SMILES string of the molecule is CC(C)(C)OC(=O)N1CCN(S(=O)(=O)c2ccccc2)[C@@H](CCc2c(F)cncc2CC(=O)[C@@H](N)C(c2cccc(F)c2)c2cccc(F)c2)C1. The van der Waals surface area contributed by atoms with Crippen LogP contribution in [0.5, 0.6) is 0 Å². The van der Waals surface area contributed by atoms with Crippen molar-refractivity contribution in [2.75, 3.05) is 19.6 Å². The van der Waals surface area contributed by atoms with Gasteiger partial charge in [0.25, 0.3) is 0 Å². The molecule has 270 valence electrons. The van der Waals surface area contributed by atoms with Crippen LogP contribution in [0.25, 0.3) is 0 Å². The average molecular weight is 723 g/mol. The molecule has 0 unspecified atom stereocenters. The van der Waals surface area contributed by atoms with Gasteiger partial charge in [-0.15, -0.1) is 0 Å². The molecule has 0 spiro atoms. The minimum Gasteiger partial charge on any atom is -0.444 e. The van der Waals surface area contributed by atoms with Gasteiger partial charge in [0.05, 0.1) is 17.1 Å². The molecule has 0 bridgehead atoms. The molecule has 1 amide bonds. The summed E-state index contributed by atoms with van der Waals surface area (Å²) in [4.78, 5) is 32.3. The third-order valence-corrected chi connectivity index (χ3v) is 10.7. The van der Waals surface area contributed by atoms with Crippen LogP contribution in [0.4, 0.5) is 18.0 Å². The lowest BCUT2D eigenvalue weighted by atomic mass is 9.82. The van der Waals surface area contributed by atoms with E-state index in [1.54, 1.807) is 51.1 Å². The Hall–Kier alpha value is -4.59. The highest BCUT2D eigenvalue weighted by atomic mass is 32.2. The number of benzene rings is 3. The van der Waals surface area contributed by atoms with Crippen molar-refractivity contribution in [2.24, 2.45) is 5.73 Å². The molecule has 2 atom stereocenters. The summed E-state index contributed by atoms with van der Waals surface area (Å²) in [5.74, 6) is -3.24. The highest BCUT2D eigenvalue weighted by Gasteiger charge is 2.39. The van der Waals surface area contributed by atoms with Gasteiger partial charge in [0, 0.05) is 44.2 Å². The molecule has 51 heavy (non-hydrogen) atoms. The number of ketones is 1. The van der Waals surface area contributed by atoms with Crippen molar-refractivity contribution >= 4 is 21.9 Å². The first-order chi connectivity index (χ1) is 24.1.